The van der Waals surface area contributed by atoms with Crippen molar-refractivity contribution in [3.8, 4) is 0 Å². The Labute approximate surface area is 110 Å². The summed E-state index contributed by atoms with van der Waals surface area (Å²) in [4.78, 5) is 23.2. The molecule has 1 saturated carbocycles. The highest BCUT2D eigenvalue weighted by molar-refractivity contribution is 5.79. The molecule has 1 N–H and O–H groups in total. The Bertz CT molecular complexity index is 486. The second-order valence-corrected chi connectivity index (χ2v) is 4.62. The summed E-state index contributed by atoms with van der Waals surface area (Å²) in [5.41, 5.74) is 0.687. The molecule has 1 fully saturated rings. The van der Waals surface area contributed by atoms with Gasteiger partial charge in [-0.1, -0.05) is 0 Å². The van der Waals surface area contributed by atoms with Crippen LogP contribution in [0.1, 0.15) is 29.6 Å². The summed E-state index contributed by atoms with van der Waals surface area (Å²) in [6.07, 6.45) is 3.66. The highest BCUT2D eigenvalue weighted by Gasteiger charge is 2.29. The molecule has 0 radical (unpaired) electrons. The average molecular weight is 264 g/mol. The molecule has 6 heteroatoms. The molecule has 6 nitrogen and oxygen atoms in total. The molecule has 0 spiro atoms. The smallest absolute Gasteiger partial charge is 0.293 e. The molecule has 0 unspecified atom stereocenters. The fraction of sp³-hybridized carbons (Fsp3) is 0.462. The number of benzene rings is 1. The van der Waals surface area contributed by atoms with Gasteiger partial charge in [0.2, 0.25) is 0 Å². The standard InChI is InChI=1S/C13H16N2O4/c16-7-6-14(11-2-1-3-11)12-5-4-10(9-17)8-13(12)15(18)19/h4-5,8-9,11,16H,1-3,6-7H2. The fourth-order valence-corrected chi connectivity index (χ4v) is 2.31. The summed E-state index contributed by atoms with van der Waals surface area (Å²) in [5, 5.41) is 20.3. The quantitative estimate of drug-likeness (QED) is 0.481. The molecule has 1 aromatic carbocycles. The fourth-order valence-electron chi connectivity index (χ4n) is 2.31. The summed E-state index contributed by atoms with van der Waals surface area (Å²) >= 11 is 0. The van der Waals surface area contributed by atoms with E-state index in [1.165, 1.54) is 6.07 Å². The number of aliphatic hydroxyl groups excluding tert-OH is 1. The van der Waals surface area contributed by atoms with E-state index in [-0.39, 0.29) is 23.9 Å². The van der Waals surface area contributed by atoms with Crippen LogP contribution in [-0.2, 0) is 0 Å². The third kappa shape index (κ3) is 2.73. The minimum Gasteiger partial charge on any atom is -0.395 e. The third-order valence-corrected chi connectivity index (χ3v) is 3.50. The van der Waals surface area contributed by atoms with Crippen LogP contribution in [0.4, 0.5) is 11.4 Å². The van der Waals surface area contributed by atoms with Crippen molar-refractivity contribution in [2.45, 2.75) is 25.3 Å². The molecular formula is C13H16N2O4. The van der Waals surface area contributed by atoms with Crippen molar-refractivity contribution in [2.75, 3.05) is 18.1 Å². The number of aldehydes is 1. The van der Waals surface area contributed by atoms with E-state index in [4.69, 9.17) is 5.11 Å². The van der Waals surface area contributed by atoms with Crippen LogP contribution in [0, 0.1) is 10.1 Å². The number of carbonyl (C=O) groups is 1. The molecule has 0 amide bonds. The van der Waals surface area contributed by atoms with E-state index in [0.717, 1.165) is 19.3 Å². The molecule has 0 atom stereocenters. The Morgan fingerprint density at radius 3 is 2.68 bits per heavy atom. The predicted molar refractivity (Wildman–Crippen MR) is 70.6 cm³/mol. The molecule has 2 rings (SSSR count). The first kappa shape index (κ1) is 13.5. The van der Waals surface area contributed by atoms with E-state index in [1.807, 2.05) is 4.90 Å². The van der Waals surface area contributed by atoms with Gasteiger partial charge in [-0.2, -0.15) is 0 Å². The lowest BCUT2D eigenvalue weighted by molar-refractivity contribution is -0.384. The van der Waals surface area contributed by atoms with Gasteiger partial charge in [0.25, 0.3) is 5.69 Å². The number of nitrogens with zero attached hydrogens (tertiary/aromatic N) is 2. The second-order valence-electron chi connectivity index (χ2n) is 4.62. The van der Waals surface area contributed by atoms with Crippen LogP contribution >= 0.6 is 0 Å². The summed E-state index contributed by atoms with van der Waals surface area (Å²) in [6.45, 7) is 0.315. The molecule has 1 aliphatic carbocycles. The van der Waals surface area contributed by atoms with Crippen molar-refractivity contribution >= 4 is 17.7 Å². The highest BCUT2D eigenvalue weighted by Crippen LogP contribution is 2.35. The number of carbonyl (C=O) groups excluding carboxylic acids is 1. The lowest BCUT2D eigenvalue weighted by Crippen LogP contribution is -2.42. The first-order chi connectivity index (χ1) is 9.17. The molecule has 0 saturated heterocycles. The van der Waals surface area contributed by atoms with E-state index >= 15 is 0 Å². The van der Waals surface area contributed by atoms with Gasteiger partial charge in [-0.15, -0.1) is 0 Å². The predicted octanol–water partition coefficient (Wildman–Crippen LogP) is 1.76. The third-order valence-electron chi connectivity index (χ3n) is 3.50. The summed E-state index contributed by atoms with van der Waals surface area (Å²) < 4.78 is 0. The molecule has 0 heterocycles. The zero-order valence-corrected chi connectivity index (χ0v) is 10.5. The largest absolute Gasteiger partial charge is 0.395 e. The summed E-state index contributed by atoms with van der Waals surface area (Å²) in [5.74, 6) is 0. The van der Waals surface area contributed by atoms with Gasteiger partial charge in [0.15, 0.2) is 0 Å². The maximum Gasteiger partial charge on any atom is 0.293 e. The Hall–Kier alpha value is -1.95. The number of rotatable bonds is 6. The monoisotopic (exact) mass is 264 g/mol. The zero-order valence-electron chi connectivity index (χ0n) is 10.5. The van der Waals surface area contributed by atoms with E-state index < -0.39 is 4.92 Å². The van der Waals surface area contributed by atoms with E-state index in [2.05, 4.69) is 0 Å². The molecule has 1 aromatic rings. The number of hydrogen-bond acceptors (Lipinski definition) is 5. The van der Waals surface area contributed by atoms with Gasteiger partial charge < -0.3 is 10.0 Å². The minimum atomic E-state index is -0.481. The maximum atomic E-state index is 11.1. The molecule has 0 bridgehead atoms. The van der Waals surface area contributed by atoms with Gasteiger partial charge in [0.05, 0.1) is 11.5 Å². The van der Waals surface area contributed by atoms with Gasteiger partial charge in [-0.3, -0.25) is 14.9 Å². The zero-order chi connectivity index (χ0) is 13.8. The van der Waals surface area contributed by atoms with Crippen LogP contribution in [0.3, 0.4) is 0 Å². The van der Waals surface area contributed by atoms with Crippen LogP contribution in [0.25, 0.3) is 0 Å². The molecule has 0 aliphatic heterocycles. The van der Waals surface area contributed by atoms with Crippen molar-refractivity contribution in [3.63, 3.8) is 0 Å². The van der Waals surface area contributed by atoms with Gasteiger partial charge in [-0.05, 0) is 31.4 Å². The highest BCUT2D eigenvalue weighted by atomic mass is 16.6. The Kier molecular flexibility index (Phi) is 4.11. The normalized spacial score (nSPS) is 14.8. The van der Waals surface area contributed by atoms with Crippen molar-refractivity contribution < 1.29 is 14.8 Å². The van der Waals surface area contributed by atoms with Gasteiger partial charge in [-0.25, -0.2) is 0 Å². The second kappa shape index (κ2) is 5.79. The van der Waals surface area contributed by atoms with E-state index in [9.17, 15) is 14.9 Å². The summed E-state index contributed by atoms with van der Waals surface area (Å²) in [7, 11) is 0. The number of aliphatic hydroxyl groups is 1. The summed E-state index contributed by atoms with van der Waals surface area (Å²) in [6, 6.07) is 4.69. The van der Waals surface area contributed by atoms with Crippen molar-refractivity contribution in [1.82, 2.24) is 0 Å². The van der Waals surface area contributed by atoms with Gasteiger partial charge in [0, 0.05) is 24.2 Å². The Morgan fingerprint density at radius 2 is 2.21 bits per heavy atom. The van der Waals surface area contributed by atoms with Crippen LogP contribution in [-0.4, -0.2) is 35.5 Å². The number of hydrogen-bond donors (Lipinski definition) is 1. The SMILES string of the molecule is O=Cc1ccc(N(CCO)C2CCC2)c([N+](=O)[O-])c1. The van der Waals surface area contributed by atoms with Crippen LogP contribution in [0.2, 0.25) is 0 Å². The number of nitro groups is 1. The van der Waals surface area contributed by atoms with Crippen molar-refractivity contribution in [2.24, 2.45) is 0 Å². The van der Waals surface area contributed by atoms with Crippen molar-refractivity contribution in [1.29, 1.82) is 0 Å². The van der Waals surface area contributed by atoms with E-state index in [1.54, 1.807) is 12.1 Å². The molecule has 102 valence electrons. The lowest BCUT2D eigenvalue weighted by Gasteiger charge is -2.38. The van der Waals surface area contributed by atoms with E-state index in [0.29, 0.717) is 18.5 Å². The van der Waals surface area contributed by atoms with Crippen LogP contribution in [0.5, 0.6) is 0 Å². The first-order valence-electron chi connectivity index (χ1n) is 6.28. The minimum absolute atomic E-state index is 0.0525. The van der Waals surface area contributed by atoms with Crippen molar-refractivity contribution in [3.05, 3.63) is 33.9 Å². The Balaban J connectivity index is 2.39. The topological polar surface area (TPSA) is 83.7 Å². The number of nitro benzene ring substituents is 1. The molecular weight excluding hydrogens is 248 g/mol. The molecule has 0 aromatic heterocycles. The maximum absolute atomic E-state index is 11.1. The molecule has 19 heavy (non-hydrogen) atoms. The molecule has 1 aliphatic rings. The van der Waals surface area contributed by atoms with Gasteiger partial charge >= 0.3 is 0 Å². The van der Waals surface area contributed by atoms with Gasteiger partial charge in [0.1, 0.15) is 12.0 Å². The number of anilines is 1. The first-order valence-corrected chi connectivity index (χ1v) is 6.28. The van der Waals surface area contributed by atoms with Crippen LogP contribution < -0.4 is 4.90 Å². The Morgan fingerprint density at radius 1 is 1.47 bits per heavy atom. The average Bonchev–Trinajstić information content (AvgIpc) is 2.35. The lowest BCUT2D eigenvalue weighted by atomic mass is 9.91. The van der Waals surface area contributed by atoms with Crippen LogP contribution in [0.15, 0.2) is 18.2 Å².